The Morgan fingerprint density at radius 1 is 1.19 bits per heavy atom. The number of likely N-dealkylation sites (N-methyl/N-ethyl adjacent to an activating group) is 1. The second-order valence-corrected chi connectivity index (χ2v) is 6.86. The highest BCUT2D eigenvalue weighted by Crippen LogP contribution is 2.33. The molecule has 1 unspecified atom stereocenters. The van der Waals surface area contributed by atoms with Crippen molar-refractivity contribution in [2.24, 2.45) is 11.7 Å². The Balaban J connectivity index is 2.11. The first kappa shape index (κ1) is 16.5. The summed E-state index contributed by atoms with van der Waals surface area (Å²) in [6, 6.07) is 7.80. The van der Waals surface area contributed by atoms with E-state index in [0.717, 1.165) is 5.92 Å². The van der Waals surface area contributed by atoms with E-state index in [4.69, 9.17) is 5.73 Å². The predicted molar refractivity (Wildman–Crippen MR) is 91.5 cm³/mol. The Kier molecular flexibility index (Phi) is 5.83. The zero-order chi connectivity index (χ0) is 15.4. The summed E-state index contributed by atoms with van der Waals surface area (Å²) < 4.78 is 0. The number of hydrogen-bond acceptors (Lipinski definition) is 2. The minimum atomic E-state index is 0.355. The molecule has 1 aliphatic rings. The fourth-order valence-electron chi connectivity index (χ4n) is 3.85. The van der Waals surface area contributed by atoms with Gasteiger partial charge in [-0.05, 0) is 63.6 Å². The average molecular weight is 288 g/mol. The van der Waals surface area contributed by atoms with E-state index in [1.54, 1.807) is 0 Å². The van der Waals surface area contributed by atoms with Crippen LogP contribution in [0.2, 0.25) is 0 Å². The monoisotopic (exact) mass is 288 g/mol. The molecule has 2 N–H and O–H groups in total. The highest BCUT2D eigenvalue weighted by Gasteiger charge is 2.28. The molecule has 0 radical (unpaired) electrons. The van der Waals surface area contributed by atoms with Crippen LogP contribution < -0.4 is 5.73 Å². The summed E-state index contributed by atoms with van der Waals surface area (Å²) in [7, 11) is 2.27. The van der Waals surface area contributed by atoms with E-state index in [1.165, 1.54) is 48.8 Å². The van der Waals surface area contributed by atoms with E-state index >= 15 is 0 Å². The van der Waals surface area contributed by atoms with E-state index in [9.17, 15) is 0 Å². The SMILES string of the molecule is CCC1CCC(N(C)C(CN)c2cc(C)ccc2C)CC1. The lowest BCUT2D eigenvalue weighted by atomic mass is 9.83. The van der Waals surface area contributed by atoms with Crippen molar-refractivity contribution < 1.29 is 0 Å². The quantitative estimate of drug-likeness (QED) is 0.879. The summed E-state index contributed by atoms with van der Waals surface area (Å²) >= 11 is 0. The molecular weight excluding hydrogens is 256 g/mol. The molecule has 2 nitrogen and oxygen atoms in total. The molecule has 1 aromatic rings. The smallest absolute Gasteiger partial charge is 0.0473 e. The molecule has 1 aliphatic carbocycles. The fourth-order valence-corrected chi connectivity index (χ4v) is 3.85. The van der Waals surface area contributed by atoms with Crippen molar-refractivity contribution in [2.75, 3.05) is 13.6 Å². The summed E-state index contributed by atoms with van der Waals surface area (Å²) in [5.74, 6) is 0.951. The predicted octanol–water partition coefficient (Wildman–Crippen LogP) is 4.20. The van der Waals surface area contributed by atoms with E-state index < -0.39 is 0 Å². The first-order valence-corrected chi connectivity index (χ1v) is 8.56. The van der Waals surface area contributed by atoms with Crippen LogP contribution >= 0.6 is 0 Å². The Hall–Kier alpha value is -0.860. The Labute approximate surface area is 130 Å². The third kappa shape index (κ3) is 3.87. The van der Waals surface area contributed by atoms with Crippen molar-refractivity contribution in [1.29, 1.82) is 0 Å². The fraction of sp³-hybridized carbons (Fsp3) is 0.684. The molecule has 1 fully saturated rings. The van der Waals surface area contributed by atoms with Gasteiger partial charge in [0.2, 0.25) is 0 Å². The highest BCUT2D eigenvalue weighted by atomic mass is 15.2. The maximum Gasteiger partial charge on any atom is 0.0473 e. The van der Waals surface area contributed by atoms with Gasteiger partial charge in [-0.15, -0.1) is 0 Å². The van der Waals surface area contributed by atoms with Gasteiger partial charge < -0.3 is 5.73 Å². The molecule has 1 aromatic carbocycles. The molecule has 1 saturated carbocycles. The third-order valence-corrected chi connectivity index (χ3v) is 5.48. The van der Waals surface area contributed by atoms with Gasteiger partial charge in [-0.2, -0.15) is 0 Å². The second-order valence-electron chi connectivity index (χ2n) is 6.86. The number of nitrogens with zero attached hydrogens (tertiary/aromatic N) is 1. The number of aryl methyl sites for hydroxylation is 2. The third-order valence-electron chi connectivity index (χ3n) is 5.48. The first-order valence-electron chi connectivity index (χ1n) is 8.56. The Morgan fingerprint density at radius 2 is 1.86 bits per heavy atom. The first-order chi connectivity index (χ1) is 10.1. The summed E-state index contributed by atoms with van der Waals surface area (Å²) in [6.07, 6.45) is 6.77. The Morgan fingerprint density at radius 3 is 2.43 bits per heavy atom. The average Bonchev–Trinajstić information content (AvgIpc) is 2.51. The van der Waals surface area contributed by atoms with Crippen LogP contribution in [-0.4, -0.2) is 24.5 Å². The topological polar surface area (TPSA) is 29.3 Å². The molecule has 0 bridgehead atoms. The van der Waals surface area contributed by atoms with Crippen LogP contribution in [0.3, 0.4) is 0 Å². The van der Waals surface area contributed by atoms with E-state index in [-0.39, 0.29) is 0 Å². The van der Waals surface area contributed by atoms with Crippen LogP contribution in [0.5, 0.6) is 0 Å². The van der Waals surface area contributed by atoms with Crippen LogP contribution in [0.4, 0.5) is 0 Å². The van der Waals surface area contributed by atoms with Crippen LogP contribution in [-0.2, 0) is 0 Å². The van der Waals surface area contributed by atoms with Crippen LogP contribution in [0.15, 0.2) is 18.2 Å². The molecule has 0 saturated heterocycles. The van der Waals surface area contributed by atoms with Crippen LogP contribution in [0, 0.1) is 19.8 Å². The van der Waals surface area contributed by atoms with Crippen LogP contribution in [0.25, 0.3) is 0 Å². The van der Waals surface area contributed by atoms with Gasteiger partial charge >= 0.3 is 0 Å². The summed E-state index contributed by atoms with van der Waals surface area (Å²) in [5, 5.41) is 0. The molecule has 1 atom stereocenters. The number of hydrogen-bond donors (Lipinski definition) is 1. The van der Waals surface area contributed by atoms with Crippen LogP contribution in [0.1, 0.15) is 61.8 Å². The largest absolute Gasteiger partial charge is 0.329 e. The van der Waals surface area contributed by atoms with Gasteiger partial charge in [0, 0.05) is 18.6 Å². The molecule has 0 amide bonds. The lowest BCUT2D eigenvalue weighted by molar-refractivity contribution is 0.121. The van der Waals surface area contributed by atoms with E-state index in [0.29, 0.717) is 18.6 Å². The van der Waals surface area contributed by atoms with Crippen molar-refractivity contribution in [3.05, 3.63) is 34.9 Å². The van der Waals surface area contributed by atoms with E-state index in [1.807, 2.05) is 0 Å². The lowest BCUT2D eigenvalue weighted by Crippen LogP contribution is -2.41. The molecule has 0 aromatic heterocycles. The molecule has 118 valence electrons. The van der Waals surface area contributed by atoms with E-state index in [2.05, 4.69) is 50.9 Å². The summed E-state index contributed by atoms with van der Waals surface area (Å²) in [6.45, 7) is 7.41. The number of benzene rings is 1. The molecule has 0 heterocycles. The van der Waals surface area contributed by atoms with Gasteiger partial charge in [-0.3, -0.25) is 4.90 Å². The van der Waals surface area contributed by atoms with Gasteiger partial charge in [0.25, 0.3) is 0 Å². The molecule has 0 aliphatic heterocycles. The van der Waals surface area contributed by atoms with Crippen molar-refractivity contribution in [2.45, 2.75) is 65.0 Å². The standard InChI is InChI=1S/C19H32N2/c1-5-16-8-10-17(11-9-16)21(4)19(13-20)18-12-14(2)6-7-15(18)3/h6-7,12,16-17,19H,5,8-11,13,20H2,1-4H3. The van der Waals surface area contributed by atoms with Gasteiger partial charge in [-0.1, -0.05) is 37.1 Å². The zero-order valence-electron chi connectivity index (χ0n) is 14.2. The number of nitrogens with two attached hydrogens (primary N) is 1. The normalized spacial score (nSPS) is 24.3. The maximum absolute atomic E-state index is 6.14. The number of rotatable bonds is 5. The lowest BCUT2D eigenvalue weighted by Gasteiger charge is -2.39. The minimum absolute atomic E-state index is 0.355. The van der Waals surface area contributed by atoms with Gasteiger partial charge in [0.05, 0.1) is 0 Å². The van der Waals surface area contributed by atoms with Gasteiger partial charge in [-0.25, -0.2) is 0 Å². The Bertz CT molecular complexity index is 447. The summed E-state index contributed by atoms with van der Waals surface area (Å²) in [5.41, 5.74) is 10.3. The molecule has 21 heavy (non-hydrogen) atoms. The highest BCUT2D eigenvalue weighted by molar-refractivity contribution is 5.33. The van der Waals surface area contributed by atoms with Crippen molar-refractivity contribution in [1.82, 2.24) is 4.90 Å². The zero-order valence-corrected chi connectivity index (χ0v) is 14.2. The van der Waals surface area contributed by atoms with Crippen molar-refractivity contribution in [3.63, 3.8) is 0 Å². The van der Waals surface area contributed by atoms with Crippen molar-refractivity contribution >= 4 is 0 Å². The molecule has 2 rings (SSSR count). The molecule has 2 heteroatoms. The van der Waals surface area contributed by atoms with Gasteiger partial charge in [0.15, 0.2) is 0 Å². The second kappa shape index (κ2) is 7.42. The molecule has 0 spiro atoms. The maximum atomic E-state index is 6.14. The summed E-state index contributed by atoms with van der Waals surface area (Å²) in [4.78, 5) is 2.55. The van der Waals surface area contributed by atoms with Gasteiger partial charge in [0.1, 0.15) is 0 Å². The van der Waals surface area contributed by atoms with Crippen molar-refractivity contribution in [3.8, 4) is 0 Å². The minimum Gasteiger partial charge on any atom is -0.329 e. The molecular formula is C19H32N2.